The van der Waals surface area contributed by atoms with Crippen LogP contribution in [0.1, 0.15) is 27.2 Å². The zero-order chi connectivity index (χ0) is 16.5. The minimum absolute atomic E-state index is 0.695. The predicted octanol–water partition coefficient (Wildman–Crippen LogP) is 0.548. The van der Waals surface area contributed by atoms with Crippen molar-refractivity contribution >= 4 is 0 Å². The molecule has 0 spiro atoms. The summed E-state index contributed by atoms with van der Waals surface area (Å²) < 4.78 is 0. The van der Waals surface area contributed by atoms with Gasteiger partial charge in [0.15, 0.2) is 0 Å². The first-order chi connectivity index (χ1) is 10.7. The Bertz CT molecular complexity index is 777. The second-order valence-electron chi connectivity index (χ2n) is 4.59. The van der Waals surface area contributed by atoms with Gasteiger partial charge in [0.25, 0.3) is 0 Å². The van der Waals surface area contributed by atoms with Gasteiger partial charge in [0.1, 0.15) is 6.04 Å². The van der Waals surface area contributed by atoms with Gasteiger partial charge in [-0.15, -0.1) is 0 Å². The maximum atomic E-state index is 3.01. The zero-order valence-electron chi connectivity index (χ0n) is 13.5. The standard InChI is InChI=1S/C21H17N/c1-5-6-7-8-9-10-11-12-13-14-15-16-17-19-22(4)20-18-21(2)3/h21H,18,20H2,1-4H3/p+1. The third-order valence-electron chi connectivity index (χ3n) is 2.19. The van der Waals surface area contributed by atoms with E-state index < -0.39 is 0 Å². The van der Waals surface area contributed by atoms with Crippen LogP contribution in [0.15, 0.2) is 0 Å². The minimum Gasteiger partial charge on any atom is -0.259 e. The molecule has 106 valence electrons. The summed E-state index contributed by atoms with van der Waals surface area (Å²) in [6.07, 6.45) is 1.15. The van der Waals surface area contributed by atoms with Crippen LogP contribution >= 0.6 is 0 Å². The molecule has 1 atom stereocenters. The van der Waals surface area contributed by atoms with Crippen molar-refractivity contribution in [2.45, 2.75) is 27.2 Å². The molecule has 0 bridgehead atoms. The van der Waals surface area contributed by atoms with Crippen LogP contribution < -0.4 is 4.90 Å². The lowest BCUT2D eigenvalue weighted by Gasteiger charge is -2.06. The summed E-state index contributed by atoms with van der Waals surface area (Å²) in [6, 6.07) is 3.01. The van der Waals surface area contributed by atoms with Crippen molar-refractivity contribution in [1.29, 1.82) is 0 Å². The van der Waals surface area contributed by atoms with Gasteiger partial charge >= 0.3 is 0 Å². The lowest BCUT2D eigenvalue weighted by Crippen LogP contribution is -3.05. The summed E-state index contributed by atoms with van der Waals surface area (Å²) in [5.41, 5.74) is 0. The smallest absolute Gasteiger partial charge is 0.149 e. The fraction of sp³-hybridized carbons (Fsp3) is 0.333. The molecule has 0 aromatic rings. The number of hydrogen-bond acceptors (Lipinski definition) is 0. The molecule has 0 fully saturated rings. The van der Waals surface area contributed by atoms with Crippen LogP contribution in [0.3, 0.4) is 0 Å². The van der Waals surface area contributed by atoms with Gasteiger partial charge in [0.2, 0.25) is 0 Å². The van der Waals surface area contributed by atoms with E-state index in [-0.39, 0.29) is 0 Å². The lowest BCUT2D eigenvalue weighted by atomic mass is 10.1. The van der Waals surface area contributed by atoms with E-state index in [1.54, 1.807) is 6.92 Å². The van der Waals surface area contributed by atoms with E-state index >= 15 is 0 Å². The molecule has 1 heteroatoms. The van der Waals surface area contributed by atoms with E-state index in [0.29, 0.717) is 5.92 Å². The Labute approximate surface area is 135 Å². The summed E-state index contributed by atoms with van der Waals surface area (Å²) in [5, 5.41) is 0. The summed E-state index contributed by atoms with van der Waals surface area (Å²) in [7, 11) is 2.03. The zero-order valence-corrected chi connectivity index (χ0v) is 13.5. The largest absolute Gasteiger partial charge is 0.259 e. The molecule has 0 rings (SSSR count). The van der Waals surface area contributed by atoms with Gasteiger partial charge in [-0.25, -0.2) is 0 Å². The van der Waals surface area contributed by atoms with Crippen LogP contribution in [-0.2, 0) is 0 Å². The van der Waals surface area contributed by atoms with Crippen molar-refractivity contribution in [1.82, 2.24) is 0 Å². The first kappa shape index (κ1) is 18.9. The molecule has 0 saturated heterocycles. The van der Waals surface area contributed by atoms with E-state index in [2.05, 4.69) is 96.9 Å². The van der Waals surface area contributed by atoms with Gasteiger partial charge in [-0.2, -0.15) is 0 Å². The SMILES string of the molecule is CC#CC#CC#CC#CC#CC#CC#C[NH+](C)CCC(C)C. The van der Waals surface area contributed by atoms with Crippen LogP contribution in [0.5, 0.6) is 0 Å². The predicted molar refractivity (Wildman–Crippen MR) is 91.3 cm³/mol. The van der Waals surface area contributed by atoms with E-state index in [1.807, 2.05) is 7.05 Å². The highest BCUT2D eigenvalue weighted by atomic mass is 15.1. The second kappa shape index (κ2) is 14.3. The molecular formula is C21H18N+. The summed E-state index contributed by atoms with van der Waals surface area (Å²) in [5.74, 6) is 34.5. The Kier molecular flexibility index (Phi) is 12.3. The molecule has 0 aromatic carbocycles. The molecule has 0 aliphatic carbocycles. The molecule has 0 heterocycles. The number of quaternary nitrogens is 1. The number of nitrogens with one attached hydrogen (secondary N) is 1. The molecule has 0 radical (unpaired) electrons. The first-order valence-corrected chi connectivity index (χ1v) is 6.92. The highest BCUT2D eigenvalue weighted by molar-refractivity contribution is 5.44. The third kappa shape index (κ3) is 14.9. The van der Waals surface area contributed by atoms with Crippen LogP contribution in [-0.4, -0.2) is 13.6 Å². The molecular weight excluding hydrogens is 266 g/mol. The van der Waals surface area contributed by atoms with Crippen molar-refractivity contribution in [2.24, 2.45) is 5.92 Å². The fourth-order valence-electron chi connectivity index (χ4n) is 1.08. The van der Waals surface area contributed by atoms with E-state index in [0.717, 1.165) is 17.9 Å². The Morgan fingerprint density at radius 2 is 1.09 bits per heavy atom. The highest BCUT2D eigenvalue weighted by Gasteiger charge is 1.99. The van der Waals surface area contributed by atoms with Crippen molar-refractivity contribution in [3.63, 3.8) is 0 Å². The molecule has 1 unspecified atom stereocenters. The van der Waals surface area contributed by atoms with Crippen molar-refractivity contribution in [2.75, 3.05) is 13.6 Å². The van der Waals surface area contributed by atoms with Crippen LogP contribution in [0.2, 0.25) is 0 Å². The third-order valence-corrected chi connectivity index (χ3v) is 2.19. The average Bonchev–Trinajstić information content (AvgIpc) is 2.49. The van der Waals surface area contributed by atoms with Crippen molar-refractivity contribution in [3.05, 3.63) is 0 Å². The molecule has 1 nitrogen and oxygen atoms in total. The van der Waals surface area contributed by atoms with Gasteiger partial charge in [0.05, 0.1) is 19.5 Å². The van der Waals surface area contributed by atoms with Gasteiger partial charge in [-0.05, 0) is 54.8 Å². The Balaban J connectivity index is 4.24. The Hall–Kier alpha value is -3.12. The topological polar surface area (TPSA) is 4.44 Å². The molecule has 1 N–H and O–H groups in total. The first-order valence-electron chi connectivity index (χ1n) is 6.92. The highest BCUT2D eigenvalue weighted by Crippen LogP contribution is 1.94. The van der Waals surface area contributed by atoms with Crippen LogP contribution in [0.25, 0.3) is 0 Å². The molecule has 0 aliphatic rings. The van der Waals surface area contributed by atoms with Crippen molar-refractivity contribution < 1.29 is 4.90 Å². The Morgan fingerprint density at radius 1 is 0.682 bits per heavy atom. The summed E-state index contributed by atoms with van der Waals surface area (Å²) >= 11 is 0. The molecule has 0 saturated carbocycles. The monoisotopic (exact) mass is 284 g/mol. The van der Waals surface area contributed by atoms with Crippen LogP contribution in [0.4, 0.5) is 0 Å². The molecule has 0 aromatic heterocycles. The van der Waals surface area contributed by atoms with Gasteiger partial charge in [-0.1, -0.05) is 19.8 Å². The Morgan fingerprint density at radius 3 is 1.50 bits per heavy atom. The maximum Gasteiger partial charge on any atom is 0.149 e. The van der Waals surface area contributed by atoms with Crippen LogP contribution in [0, 0.1) is 88.9 Å². The summed E-state index contributed by atoms with van der Waals surface area (Å²) in [4.78, 5) is 1.15. The normalized spacial score (nSPS) is 7.86. The molecule has 0 aliphatic heterocycles. The van der Waals surface area contributed by atoms with Crippen molar-refractivity contribution in [3.8, 4) is 83.0 Å². The maximum absolute atomic E-state index is 3.01. The fourth-order valence-corrected chi connectivity index (χ4v) is 1.08. The van der Waals surface area contributed by atoms with E-state index in [9.17, 15) is 0 Å². The number of hydrogen-bond donors (Lipinski definition) is 1. The molecule has 0 amide bonds. The van der Waals surface area contributed by atoms with E-state index in [4.69, 9.17) is 0 Å². The quantitative estimate of drug-likeness (QED) is 0.722. The van der Waals surface area contributed by atoms with Gasteiger partial charge in [0, 0.05) is 29.6 Å². The van der Waals surface area contributed by atoms with Gasteiger partial charge < -0.3 is 0 Å². The molecule has 22 heavy (non-hydrogen) atoms. The average molecular weight is 284 g/mol. The second-order valence-corrected chi connectivity index (χ2v) is 4.59. The number of rotatable bonds is 3. The van der Waals surface area contributed by atoms with E-state index in [1.165, 1.54) is 0 Å². The van der Waals surface area contributed by atoms with Gasteiger partial charge in [-0.3, -0.25) is 4.90 Å². The summed E-state index contributed by atoms with van der Waals surface area (Å²) in [6.45, 7) is 7.14. The minimum atomic E-state index is 0.695. The lowest BCUT2D eigenvalue weighted by molar-refractivity contribution is -0.807.